The number of methoxy groups -OCH3 is 1. The van der Waals surface area contributed by atoms with Crippen LogP contribution in [0.3, 0.4) is 0 Å². The lowest BCUT2D eigenvalue weighted by Crippen LogP contribution is -2.13. The molecule has 4 rings (SSSR count). The number of nitrogens with zero attached hydrogens (tertiary/aromatic N) is 3. The molecule has 0 bridgehead atoms. The van der Waals surface area contributed by atoms with Crippen molar-refractivity contribution in [1.82, 2.24) is 14.5 Å². The highest BCUT2D eigenvalue weighted by molar-refractivity contribution is 7.98. The summed E-state index contributed by atoms with van der Waals surface area (Å²) in [6.45, 7) is 1.75. The summed E-state index contributed by atoms with van der Waals surface area (Å²) < 4.78 is 47.6. The van der Waals surface area contributed by atoms with Crippen LogP contribution in [0.5, 0.6) is 0 Å². The fourth-order valence-corrected chi connectivity index (χ4v) is 5.62. The molecule has 176 valence electrons. The van der Waals surface area contributed by atoms with Crippen molar-refractivity contribution in [3.05, 3.63) is 77.5 Å². The Morgan fingerprint density at radius 3 is 2.59 bits per heavy atom. The average molecular weight is 500 g/mol. The number of ether oxygens (including phenoxy) is 1. The van der Waals surface area contributed by atoms with E-state index in [1.165, 1.54) is 49.3 Å². The summed E-state index contributed by atoms with van der Waals surface area (Å²) in [7, 11) is -2.59. The van der Waals surface area contributed by atoms with Gasteiger partial charge in [-0.15, -0.1) is 0 Å². The van der Waals surface area contributed by atoms with Crippen molar-refractivity contribution in [3.8, 4) is 0 Å². The molecular formula is C24H22FN3O4S2. The lowest BCUT2D eigenvalue weighted by molar-refractivity contribution is -0.141. The molecule has 0 aliphatic rings. The van der Waals surface area contributed by atoms with Crippen LogP contribution < -0.4 is 0 Å². The first-order valence-electron chi connectivity index (χ1n) is 10.3. The van der Waals surface area contributed by atoms with Gasteiger partial charge in [0.05, 0.1) is 23.9 Å². The van der Waals surface area contributed by atoms with Gasteiger partial charge in [0.2, 0.25) is 9.84 Å². The smallest absolute Gasteiger partial charge is 0.325 e. The lowest BCUT2D eigenvalue weighted by atomic mass is 10.1. The number of hydrogen-bond acceptors (Lipinski definition) is 7. The maximum atomic E-state index is 14.2. The summed E-state index contributed by atoms with van der Waals surface area (Å²) in [4.78, 5) is 20.8. The molecule has 0 unspecified atom stereocenters. The van der Waals surface area contributed by atoms with E-state index < -0.39 is 21.6 Å². The van der Waals surface area contributed by atoms with Gasteiger partial charge in [-0.1, -0.05) is 30.0 Å². The second-order valence-electron chi connectivity index (χ2n) is 7.55. The molecule has 0 aliphatic carbocycles. The highest BCUT2D eigenvalue weighted by Crippen LogP contribution is 2.32. The number of sulfone groups is 1. The fourth-order valence-electron chi connectivity index (χ4n) is 3.88. The number of thioether (sulfide) groups is 1. The third-order valence-corrected chi connectivity index (χ3v) is 7.98. The van der Waals surface area contributed by atoms with Gasteiger partial charge in [-0.2, -0.15) is 0 Å². The summed E-state index contributed by atoms with van der Waals surface area (Å²) in [5.41, 5.74) is 2.31. The lowest BCUT2D eigenvalue weighted by Gasteiger charge is -2.12. The van der Waals surface area contributed by atoms with Gasteiger partial charge in [-0.3, -0.25) is 4.79 Å². The Bertz CT molecular complexity index is 1490. The Hall–Kier alpha value is -3.24. The predicted molar refractivity (Wildman–Crippen MR) is 127 cm³/mol. The minimum atomic E-state index is -3.89. The van der Waals surface area contributed by atoms with Crippen LogP contribution in [0.2, 0.25) is 0 Å². The molecule has 0 radical (unpaired) electrons. The second kappa shape index (κ2) is 9.55. The molecule has 0 spiro atoms. The molecule has 10 heteroatoms. The van der Waals surface area contributed by atoms with E-state index >= 15 is 0 Å². The predicted octanol–water partition coefficient (Wildman–Crippen LogP) is 4.20. The van der Waals surface area contributed by atoms with E-state index in [1.54, 1.807) is 42.0 Å². The Balaban J connectivity index is 1.91. The molecule has 2 aromatic carbocycles. The van der Waals surface area contributed by atoms with Gasteiger partial charge >= 0.3 is 5.97 Å². The molecule has 4 aromatic rings. The number of aromatic nitrogens is 3. The quantitative estimate of drug-likeness (QED) is 0.214. The standard InChI is InChI=1S/C24H22FN3O4S2/c1-15-18(19-11-16(25)9-10-21(19)28(15)14-23(29)32-2)12-20-22(13-26-24(27-20)33-3)34(30,31)17-7-5-4-6-8-17/h4-11,13H,12,14H2,1-3H3. The largest absolute Gasteiger partial charge is 0.468 e. The van der Waals surface area contributed by atoms with Crippen molar-refractivity contribution in [2.45, 2.75) is 34.8 Å². The van der Waals surface area contributed by atoms with Crippen molar-refractivity contribution in [3.63, 3.8) is 0 Å². The van der Waals surface area contributed by atoms with Crippen LogP contribution in [0.1, 0.15) is 17.0 Å². The molecule has 0 aliphatic heterocycles. The summed E-state index contributed by atoms with van der Waals surface area (Å²) in [5.74, 6) is -0.886. The molecule has 0 fully saturated rings. The van der Waals surface area contributed by atoms with E-state index in [0.29, 0.717) is 33.0 Å². The van der Waals surface area contributed by atoms with E-state index in [9.17, 15) is 17.6 Å². The van der Waals surface area contributed by atoms with Crippen molar-refractivity contribution in [2.75, 3.05) is 13.4 Å². The Kier molecular flexibility index (Phi) is 6.72. The van der Waals surface area contributed by atoms with Crippen LogP contribution in [-0.4, -0.2) is 42.3 Å². The maximum absolute atomic E-state index is 14.2. The van der Waals surface area contributed by atoms with Crippen molar-refractivity contribution in [2.24, 2.45) is 0 Å². The first kappa shape index (κ1) is 23.9. The Morgan fingerprint density at radius 2 is 1.91 bits per heavy atom. The van der Waals surface area contributed by atoms with Crippen LogP contribution >= 0.6 is 11.8 Å². The molecule has 34 heavy (non-hydrogen) atoms. The number of benzene rings is 2. The van der Waals surface area contributed by atoms with Gasteiger partial charge < -0.3 is 9.30 Å². The van der Waals surface area contributed by atoms with Crippen LogP contribution in [-0.2, 0) is 32.3 Å². The van der Waals surface area contributed by atoms with Gasteiger partial charge in [0.1, 0.15) is 17.3 Å². The number of esters is 1. The van der Waals surface area contributed by atoms with Gasteiger partial charge in [0, 0.05) is 23.0 Å². The summed E-state index contributed by atoms with van der Waals surface area (Å²) in [6, 6.07) is 12.4. The van der Waals surface area contributed by atoms with E-state index in [-0.39, 0.29) is 22.8 Å². The van der Waals surface area contributed by atoms with Gasteiger partial charge in [0.15, 0.2) is 5.16 Å². The average Bonchev–Trinajstić information content (AvgIpc) is 3.09. The first-order chi connectivity index (χ1) is 16.3. The van der Waals surface area contributed by atoms with Crippen LogP contribution in [0.15, 0.2) is 69.7 Å². The number of fused-ring (bicyclic) bond motifs is 1. The van der Waals surface area contributed by atoms with E-state index in [2.05, 4.69) is 9.97 Å². The zero-order valence-corrected chi connectivity index (χ0v) is 20.4. The Morgan fingerprint density at radius 1 is 1.18 bits per heavy atom. The molecule has 0 atom stereocenters. The fraction of sp³-hybridized carbons (Fsp3) is 0.208. The monoisotopic (exact) mass is 499 g/mol. The van der Waals surface area contributed by atoms with Crippen LogP contribution in [0, 0.1) is 12.7 Å². The normalized spacial score (nSPS) is 11.6. The highest BCUT2D eigenvalue weighted by atomic mass is 32.2. The molecular weight excluding hydrogens is 477 g/mol. The molecule has 7 nitrogen and oxygen atoms in total. The number of hydrogen-bond donors (Lipinski definition) is 0. The number of rotatable bonds is 7. The molecule has 2 aromatic heterocycles. The van der Waals surface area contributed by atoms with E-state index in [0.717, 1.165) is 0 Å². The number of carbonyl (C=O) groups is 1. The summed E-state index contributed by atoms with van der Waals surface area (Å²) in [6.07, 6.45) is 3.23. The van der Waals surface area contributed by atoms with E-state index in [1.807, 2.05) is 0 Å². The third kappa shape index (κ3) is 4.43. The highest BCUT2D eigenvalue weighted by Gasteiger charge is 2.26. The molecule has 0 amide bonds. The third-order valence-electron chi connectivity index (χ3n) is 5.61. The van der Waals surface area contributed by atoms with Gasteiger partial charge in [-0.05, 0) is 49.1 Å². The summed E-state index contributed by atoms with van der Waals surface area (Å²) in [5, 5.41) is 0.998. The SMILES string of the molecule is COC(=O)Cn1c(C)c(Cc2nc(SC)ncc2S(=O)(=O)c2ccccc2)c2cc(F)ccc21. The number of carbonyl (C=O) groups excluding carboxylic acids is 1. The van der Waals surface area contributed by atoms with Crippen molar-refractivity contribution < 1.29 is 22.3 Å². The van der Waals surface area contributed by atoms with Gasteiger partial charge in [-0.25, -0.2) is 22.8 Å². The molecule has 0 saturated heterocycles. The van der Waals surface area contributed by atoms with E-state index in [4.69, 9.17) is 4.74 Å². The molecule has 0 N–H and O–H groups in total. The number of halogens is 1. The summed E-state index contributed by atoms with van der Waals surface area (Å²) >= 11 is 1.29. The minimum Gasteiger partial charge on any atom is -0.468 e. The van der Waals surface area contributed by atoms with Crippen molar-refractivity contribution >= 4 is 38.5 Å². The van der Waals surface area contributed by atoms with Gasteiger partial charge in [0.25, 0.3) is 0 Å². The maximum Gasteiger partial charge on any atom is 0.325 e. The molecule has 0 saturated carbocycles. The van der Waals surface area contributed by atoms with Crippen molar-refractivity contribution in [1.29, 1.82) is 0 Å². The Labute approximate surface area is 200 Å². The zero-order valence-electron chi connectivity index (χ0n) is 18.8. The topological polar surface area (TPSA) is 91.2 Å². The van der Waals surface area contributed by atoms with Crippen LogP contribution in [0.4, 0.5) is 4.39 Å². The molecule has 2 heterocycles. The second-order valence-corrected chi connectivity index (χ2v) is 10.2. The zero-order chi connectivity index (χ0) is 24.5. The van der Waals surface area contributed by atoms with Crippen LogP contribution in [0.25, 0.3) is 10.9 Å². The minimum absolute atomic E-state index is 0.0128. The first-order valence-corrected chi connectivity index (χ1v) is 13.0.